The molecule has 0 aromatic heterocycles. The van der Waals surface area contributed by atoms with Crippen molar-refractivity contribution < 1.29 is 14.3 Å². The third-order valence-electron chi connectivity index (χ3n) is 3.48. The van der Waals surface area contributed by atoms with Gasteiger partial charge >= 0.3 is 0 Å². The summed E-state index contributed by atoms with van der Waals surface area (Å²) in [6.45, 7) is 1.54. The Bertz CT molecular complexity index is 663. The second-order valence-electron chi connectivity index (χ2n) is 5.23. The summed E-state index contributed by atoms with van der Waals surface area (Å²) < 4.78 is 13.4. The van der Waals surface area contributed by atoms with Crippen LogP contribution in [0.5, 0.6) is 5.75 Å². The van der Waals surface area contributed by atoms with Gasteiger partial charge in [0.25, 0.3) is 0 Å². The van der Waals surface area contributed by atoms with Crippen LogP contribution in [0.4, 0.5) is 4.39 Å². The van der Waals surface area contributed by atoms with Crippen LogP contribution in [-0.2, 0) is 11.2 Å². The summed E-state index contributed by atoms with van der Waals surface area (Å²) in [5, 5.41) is 10.0. The summed E-state index contributed by atoms with van der Waals surface area (Å²) in [6, 6.07) is 10.2. The van der Waals surface area contributed by atoms with Crippen molar-refractivity contribution in [3.05, 3.63) is 53.3 Å². The molecule has 0 bridgehead atoms. The molecule has 3 nitrogen and oxygen atoms in total. The van der Waals surface area contributed by atoms with Crippen LogP contribution in [-0.4, -0.2) is 30.0 Å². The topological polar surface area (TPSA) is 40.5 Å². The van der Waals surface area contributed by atoms with Crippen molar-refractivity contribution in [2.24, 2.45) is 0 Å². The molecule has 0 aliphatic carbocycles. The molecule has 0 aliphatic rings. The molecular weight excluding hydrogens is 269 g/mol. The largest absolute Gasteiger partial charge is 0.507 e. The van der Waals surface area contributed by atoms with Crippen molar-refractivity contribution in [1.82, 2.24) is 4.90 Å². The lowest BCUT2D eigenvalue weighted by molar-refractivity contribution is -0.127. The Hall–Kier alpha value is -2.36. The Kier molecular flexibility index (Phi) is 4.26. The lowest BCUT2D eigenvalue weighted by atomic mass is 9.99. The molecule has 0 unspecified atom stereocenters. The number of likely N-dealkylation sites (N-methyl/N-ethyl adjacent to an activating group) is 1. The van der Waals surface area contributed by atoms with Crippen LogP contribution in [0.2, 0.25) is 0 Å². The standard InChI is InChI=1S/C17H18FNO2/c1-11-15(18)9-8-14(17(11)21)13-6-4-12(5-7-13)10-16(20)19(2)3/h4-9,21H,10H2,1-3H3. The molecule has 0 atom stereocenters. The van der Waals surface area contributed by atoms with Crippen molar-refractivity contribution in [3.63, 3.8) is 0 Å². The fraction of sp³-hybridized carbons (Fsp3) is 0.235. The van der Waals surface area contributed by atoms with Crippen LogP contribution in [0.3, 0.4) is 0 Å². The third kappa shape index (κ3) is 3.21. The molecule has 2 rings (SSSR count). The van der Waals surface area contributed by atoms with Crippen molar-refractivity contribution in [2.45, 2.75) is 13.3 Å². The van der Waals surface area contributed by atoms with Gasteiger partial charge in [0.05, 0.1) is 6.42 Å². The first-order valence-corrected chi connectivity index (χ1v) is 6.67. The second-order valence-corrected chi connectivity index (χ2v) is 5.23. The second kappa shape index (κ2) is 5.95. The van der Waals surface area contributed by atoms with Crippen molar-refractivity contribution in [3.8, 4) is 16.9 Å². The number of aromatic hydroxyl groups is 1. The van der Waals surface area contributed by atoms with E-state index in [1.165, 1.54) is 13.0 Å². The summed E-state index contributed by atoms with van der Waals surface area (Å²) in [5.41, 5.74) is 2.51. The van der Waals surface area contributed by atoms with E-state index in [-0.39, 0.29) is 17.2 Å². The van der Waals surface area contributed by atoms with Gasteiger partial charge in [-0.3, -0.25) is 4.79 Å². The Morgan fingerprint density at radius 3 is 2.33 bits per heavy atom. The highest BCUT2D eigenvalue weighted by molar-refractivity contribution is 5.79. The smallest absolute Gasteiger partial charge is 0.226 e. The van der Waals surface area contributed by atoms with Gasteiger partial charge in [-0.2, -0.15) is 0 Å². The normalized spacial score (nSPS) is 10.5. The number of rotatable bonds is 3. The predicted octanol–water partition coefficient (Wildman–Crippen LogP) is 3.14. The summed E-state index contributed by atoms with van der Waals surface area (Å²) in [5.74, 6) is -0.445. The number of carbonyl (C=O) groups is 1. The van der Waals surface area contributed by atoms with E-state index in [2.05, 4.69) is 0 Å². The highest BCUT2D eigenvalue weighted by atomic mass is 19.1. The zero-order chi connectivity index (χ0) is 15.6. The van der Waals surface area contributed by atoms with Gasteiger partial charge in [0, 0.05) is 25.2 Å². The summed E-state index contributed by atoms with van der Waals surface area (Å²) in [6.07, 6.45) is 0.335. The number of benzene rings is 2. The van der Waals surface area contributed by atoms with Gasteiger partial charge < -0.3 is 10.0 Å². The lowest BCUT2D eigenvalue weighted by Gasteiger charge is -2.11. The van der Waals surface area contributed by atoms with Crippen LogP contribution in [0, 0.1) is 12.7 Å². The molecule has 0 fully saturated rings. The number of halogens is 1. The van der Waals surface area contributed by atoms with E-state index in [4.69, 9.17) is 0 Å². The minimum Gasteiger partial charge on any atom is -0.507 e. The van der Waals surface area contributed by atoms with E-state index in [9.17, 15) is 14.3 Å². The van der Waals surface area contributed by atoms with E-state index >= 15 is 0 Å². The molecule has 0 heterocycles. The number of hydrogen-bond donors (Lipinski definition) is 1. The maximum Gasteiger partial charge on any atom is 0.226 e. The van der Waals surface area contributed by atoms with Crippen LogP contribution in [0.1, 0.15) is 11.1 Å². The SMILES string of the molecule is Cc1c(F)ccc(-c2ccc(CC(=O)N(C)C)cc2)c1O. The molecule has 110 valence electrons. The van der Waals surface area contributed by atoms with Gasteiger partial charge in [0.1, 0.15) is 11.6 Å². The molecule has 0 spiro atoms. The number of amides is 1. The Balaban J connectivity index is 2.27. The monoisotopic (exact) mass is 287 g/mol. The van der Waals surface area contributed by atoms with Crippen molar-refractivity contribution >= 4 is 5.91 Å². The number of carbonyl (C=O) groups excluding carboxylic acids is 1. The highest BCUT2D eigenvalue weighted by Crippen LogP contribution is 2.33. The minimum atomic E-state index is -0.426. The fourth-order valence-electron chi connectivity index (χ4n) is 2.04. The van der Waals surface area contributed by atoms with Crippen LogP contribution in [0.15, 0.2) is 36.4 Å². The average Bonchev–Trinajstić information content (AvgIpc) is 2.46. The van der Waals surface area contributed by atoms with Crippen molar-refractivity contribution in [2.75, 3.05) is 14.1 Å². The Morgan fingerprint density at radius 2 is 1.76 bits per heavy atom. The lowest BCUT2D eigenvalue weighted by Crippen LogP contribution is -2.23. The van der Waals surface area contributed by atoms with Gasteiger partial charge in [0.15, 0.2) is 0 Å². The zero-order valence-corrected chi connectivity index (χ0v) is 12.4. The Morgan fingerprint density at radius 1 is 1.14 bits per heavy atom. The minimum absolute atomic E-state index is 0.0308. The van der Waals surface area contributed by atoms with E-state index in [1.54, 1.807) is 25.1 Å². The number of nitrogens with zero attached hydrogens (tertiary/aromatic N) is 1. The first-order chi connectivity index (χ1) is 9.90. The maximum absolute atomic E-state index is 13.4. The molecule has 0 saturated carbocycles. The molecule has 2 aromatic carbocycles. The zero-order valence-electron chi connectivity index (χ0n) is 12.4. The molecular formula is C17H18FNO2. The first-order valence-electron chi connectivity index (χ1n) is 6.67. The van der Waals surface area contributed by atoms with Gasteiger partial charge in [-0.25, -0.2) is 4.39 Å². The third-order valence-corrected chi connectivity index (χ3v) is 3.48. The van der Waals surface area contributed by atoms with Gasteiger partial charge in [-0.1, -0.05) is 24.3 Å². The van der Waals surface area contributed by atoms with Crippen LogP contribution >= 0.6 is 0 Å². The van der Waals surface area contributed by atoms with Crippen LogP contribution in [0.25, 0.3) is 11.1 Å². The summed E-state index contributed by atoms with van der Waals surface area (Å²) in [4.78, 5) is 13.2. The maximum atomic E-state index is 13.4. The average molecular weight is 287 g/mol. The fourth-order valence-corrected chi connectivity index (χ4v) is 2.04. The van der Waals surface area contributed by atoms with Gasteiger partial charge in [-0.05, 0) is 30.2 Å². The predicted molar refractivity (Wildman–Crippen MR) is 80.6 cm³/mol. The number of phenolic OH excluding ortho intramolecular Hbond substituents is 1. The van der Waals surface area contributed by atoms with E-state index in [0.717, 1.165) is 11.1 Å². The van der Waals surface area contributed by atoms with Gasteiger partial charge in [0.2, 0.25) is 5.91 Å². The molecule has 1 amide bonds. The quantitative estimate of drug-likeness (QED) is 0.942. The van der Waals surface area contributed by atoms with Crippen molar-refractivity contribution in [1.29, 1.82) is 0 Å². The molecule has 21 heavy (non-hydrogen) atoms. The molecule has 4 heteroatoms. The van der Waals surface area contributed by atoms with E-state index in [1.807, 2.05) is 24.3 Å². The summed E-state index contributed by atoms with van der Waals surface area (Å²) in [7, 11) is 3.44. The van der Waals surface area contributed by atoms with E-state index < -0.39 is 5.82 Å². The Labute approximate surface area is 123 Å². The first kappa shape index (κ1) is 15.0. The number of hydrogen-bond acceptors (Lipinski definition) is 2. The molecule has 2 aromatic rings. The summed E-state index contributed by atoms with van der Waals surface area (Å²) >= 11 is 0. The number of phenols is 1. The van der Waals surface area contributed by atoms with Crippen LogP contribution < -0.4 is 0 Å². The molecule has 0 saturated heterocycles. The highest BCUT2D eigenvalue weighted by Gasteiger charge is 2.11. The molecule has 0 radical (unpaired) electrons. The van der Waals surface area contributed by atoms with Gasteiger partial charge in [-0.15, -0.1) is 0 Å². The molecule has 1 N–H and O–H groups in total. The van der Waals surface area contributed by atoms with E-state index in [0.29, 0.717) is 12.0 Å². The molecule has 0 aliphatic heterocycles.